The predicted molar refractivity (Wildman–Crippen MR) is 88.4 cm³/mol. The SMILES string of the molecule is COc1cccc(C(=O)N[C@H](C)c2ccc(S(C)(=O)=O)cc2)c1. The molecule has 122 valence electrons. The Bertz CT molecular complexity index is 798. The number of hydrogen-bond acceptors (Lipinski definition) is 4. The van der Waals surface area contributed by atoms with Crippen LogP contribution >= 0.6 is 0 Å². The van der Waals surface area contributed by atoms with Crippen molar-refractivity contribution in [3.05, 3.63) is 59.7 Å². The van der Waals surface area contributed by atoms with Crippen LogP contribution in [0, 0.1) is 0 Å². The van der Waals surface area contributed by atoms with E-state index in [-0.39, 0.29) is 16.8 Å². The van der Waals surface area contributed by atoms with Crippen molar-refractivity contribution in [2.24, 2.45) is 0 Å². The number of methoxy groups -OCH3 is 1. The maximum atomic E-state index is 12.3. The molecular formula is C17H19NO4S. The van der Waals surface area contributed by atoms with Crippen LogP contribution in [-0.4, -0.2) is 27.7 Å². The number of hydrogen-bond donors (Lipinski definition) is 1. The van der Waals surface area contributed by atoms with Crippen molar-refractivity contribution in [2.45, 2.75) is 17.9 Å². The minimum atomic E-state index is -3.22. The van der Waals surface area contributed by atoms with Gasteiger partial charge in [-0.3, -0.25) is 4.79 Å². The second kappa shape index (κ2) is 6.83. The fourth-order valence-corrected chi connectivity index (χ4v) is 2.76. The van der Waals surface area contributed by atoms with Crippen LogP contribution in [0.2, 0.25) is 0 Å². The highest BCUT2D eigenvalue weighted by molar-refractivity contribution is 7.90. The van der Waals surface area contributed by atoms with Crippen molar-refractivity contribution in [1.82, 2.24) is 5.32 Å². The van der Waals surface area contributed by atoms with Crippen molar-refractivity contribution in [1.29, 1.82) is 0 Å². The van der Waals surface area contributed by atoms with E-state index >= 15 is 0 Å². The summed E-state index contributed by atoms with van der Waals surface area (Å²) in [5, 5.41) is 2.88. The average molecular weight is 333 g/mol. The zero-order chi connectivity index (χ0) is 17.0. The Balaban J connectivity index is 2.11. The molecule has 0 unspecified atom stereocenters. The molecule has 6 heteroatoms. The molecule has 1 amide bonds. The van der Waals surface area contributed by atoms with Gasteiger partial charge in [0.15, 0.2) is 9.84 Å². The molecule has 0 aliphatic rings. The summed E-state index contributed by atoms with van der Waals surface area (Å²) < 4.78 is 28.0. The summed E-state index contributed by atoms with van der Waals surface area (Å²) in [6.45, 7) is 1.84. The topological polar surface area (TPSA) is 72.5 Å². The predicted octanol–water partition coefficient (Wildman–Crippen LogP) is 2.59. The van der Waals surface area contributed by atoms with Gasteiger partial charge in [-0.25, -0.2) is 8.42 Å². The number of ether oxygens (including phenoxy) is 1. The molecule has 0 saturated heterocycles. The Morgan fingerprint density at radius 2 is 1.78 bits per heavy atom. The highest BCUT2D eigenvalue weighted by Crippen LogP contribution is 2.18. The summed E-state index contributed by atoms with van der Waals surface area (Å²) in [6.07, 6.45) is 1.16. The van der Waals surface area contributed by atoms with Crippen molar-refractivity contribution >= 4 is 15.7 Å². The lowest BCUT2D eigenvalue weighted by Gasteiger charge is -2.15. The van der Waals surface area contributed by atoms with E-state index in [2.05, 4.69) is 5.32 Å². The lowest BCUT2D eigenvalue weighted by atomic mass is 10.1. The molecule has 0 aromatic heterocycles. The fourth-order valence-electron chi connectivity index (χ4n) is 2.13. The highest BCUT2D eigenvalue weighted by Gasteiger charge is 2.13. The second-order valence-electron chi connectivity index (χ2n) is 5.27. The minimum Gasteiger partial charge on any atom is -0.497 e. The smallest absolute Gasteiger partial charge is 0.251 e. The van der Waals surface area contributed by atoms with Crippen LogP contribution in [0.4, 0.5) is 0 Å². The number of nitrogens with one attached hydrogen (secondary N) is 1. The van der Waals surface area contributed by atoms with Gasteiger partial charge in [0, 0.05) is 11.8 Å². The van der Waals surface area contributed by atoms with Gasteiger partial charge in [-0.15, -0.1) is 0 Å². The third-order valence-electron chi connectivity index (χ3n) is 3.49. The van der Waals surface area contributed by atoms with Crippen molar-refractivity contribution in [2.75, 3.05) is 13.4 Å². The number of benzene rings is 2. The molecule has 0 radical (unpaired) electrons. The first-order valence-corrected chi connectivity index (χ1v) is 8.95. The summed E-state index contributed by atoms with van der Waals surface area (Å²) in [5.41, 5.74) is 1.33. The fraction of sp³-hybridized carbons (Fsp3) is 0.235. The van der Waals surface area contributed by atoms with Crippen LogP contribution in [0.15, 0.2) is 53.4 Å². The van der Waals surface area contributed by atoms with Crippen LogP contribution in [0.3, 0.4) is 0 Å². The van der Waals surface area contributed by atoms with Gasteiger partial charge in [-0.05, 0) is 42.8 Å². The zero-order valence-electron chi connectivity index (χ0n) is 13.2. The third kappa shape index (κ3) is 4.32. The van der Waals surface area contributed by atoms with E-state index in [0.29, 0.717) is 11.3 Å². The largest absolute Gasteiger partial charge is 0.497 e. The third-order valence-corrected chi connectivity index (χ3v) is 4.62. The zero-order valence-corrected chi connectivity index (χ0v) is 14.1. The Kier molecular flexibility index (Phi) is 5.05. The Labute approximate surface area is 136 Å². The van der Waals surface area contributed by atoms with Crippen molar-refractivity contribution < 1.29 is 17.9 Å². The summed E-state index contributed by atoms with van der Waals surface area (Å²) in [7, 11) is -1.68. The molecule has 0 aliphatic heterocycles. The number of amides is 1. The number of carbonyl (C=O) groups is 1. The van der Waals surface area contributed by atoms with Crippen LogP contribution in [0.5, 0.6) is 5.75 Å². The number of rotatable bonds is 5. The monoisotopic (exact) mass is 333 g/mol. The molecule has 0 heterocycles. The molecule has 0 spiro atoms. The van der Waals surface area contributed by atoms with Gasteiger partial charge in [0.1, 0.15) is 5.75 Å². The van der Waals surface area contributed by atoms with Gasteiger partial charge >= 0.3 is 0 Å². The number of sulfone groups is 1. The second-order valence-corrected chi connectivity index (χ2v) is 7.28. The van der Waals surface area contributed by atoms with Gasteiger partial charge in [-0.1, -0.05) is 18.2 Å². The maximum Gasteiger partial charge on any atom is 0.251 e. The van der Waals surface area contributed by atoms with Gasteiger partial charge in [0.05, 0.1) is 18.0 Å². The van der Waals surface area contributed by atoms with Gasteiger partial charge < -0.3 is 10.1 Å². The van der Waals surface area contributed by atoms with Gasteiger partial charge in [0.2, 0.25) is 0 Å². The number of carbonyl (C=O) groups excluding carboxylic acids is 1. The quantitative estimate of drug-likeness (QED) is 0.913. The Morgan fingerprint density at radius 3 is 2.35 bits per heavy atom. The molecule has 0 fully saturated rings. The molecule has 0 aliphatic carbocycles. The van der Waals surface area contributed by atoms with E-state index in [9.17, 15) is 13.2 Å². The normalized spacial score (nSPS) is 12.5. The lowest BCUT2D eigenvalue weighted by Crippen LogP contribution is -2.26. The van der Waals surface area contributed by atoms with Crippen LogP contribution in [0.1, 0.15) is 28.9 Å². The average Bonchev–Trinajstić information content (AvgIpc) is 2.54. The molecule has 0 saturated carbocycles. The van der Waals surface area contributed by atoms with Crippen molar-refractivity contribution in [3.8, 4) is 5.75 Å². The van der Waals surface area contributed by atoms with Gasteiger partial charge in [0.25, 0.3) is 5.91 Å². The highest BCUT2D eigenvalue weighted by atomic mass is 32.2. The van der Waals surface area contributed by atoms with E-state index in [1.165, 1.54) is 0 Å². The Hall–Kier alpha value is -2.34. The first-order chi connectivity index (χ1) is 10.8. The van der Waals surface area contributed by atoms with Crippen LogP contribution in [0.25, 0.3) is 0 Å². The molecule has 0 bridgehead atoms. The molecule has 23 heavy (non-hydrogen) atoms. The molecule has 5 nitrogen and oxygen atoms in total. The molecular weight excluding hydrogens is 314 g/mol. The van der Waals surface area contributed by atoms with Crippen molar-refractivity contribution in [3.63, 3.8) is 0 Å². The van der Waals surface area contributed by atoms with Crippen LogP contribution < -0.4 is 10.1 Å². The van der Waals surface area contributed by atoms with Gasteiger partial charge in [-0.2, -0.15) is 0 Å². The molecule has 2 aromatic rings. The Morgan fingerprint density at radius 1 is 1.13 bits per heavy atom. The van der Waals surface area contributed by atoms with E-state index in [4.69, 9.17) is 4.74 Å². The standard InChI is InChI=1S/C17H19NO4S/c1-12(13-7-9-16(10-8-13)23(3,20)21)18-17(19)14-5-4-6-15(11-14)22-2/h4-12H,1-3H3,(H,18,19)/t12-/m1/s1. The summed E-state index contributed by atoms with van der Waals surface area (Å²) >= 11 is 0. The molecule has 2 aromatic carbocycles. The first-order valence-electron chi connectivity index (χ1n) is 7.06. The van der Waals surface area contributed by atoms with E-state index in [1.807, 2.05) is 6.92 Å². The molecule has 1 N–H and O–H groups in total. The molecule has 1 atom stereocenters. The van der Waals surface area contributed by atoms with E-state index < -0.39 is 9.84 Å². The summed E-state index contributed by atoms with van der Waals surface area (Å²) in [6, 6.07) is 13.1. The van der Waals surface area contributed by atoms with E-state index in [1.54, 1.807) is 55.6 Å². The van der Waals surface area contributed by atoms with Crippen LogP contribution in [-0.2, 0) is 9.84 Å². The van der Waals surface area contributed by atoms with E-state index in [0.717, 1.165) is 11.8 Å². The summed E-state index contributed by atoms with van der Waals surface area (Å²) in [4.78, 5) is 12.5. The molecule has 2 rings (SSSR count). The minimum absolute atomic E-state index is 0.219. The first kappa shape index (κ1) is 17.0. The summed E-state index contributed by atoms with van der Waals surface area (Å²) in [5.74, 6) is 0.395. The lowest BCUT2D eigenvalue weighted by molar-refractivity contribution is 0.0939. The maximum absolute atomic E-state index is 12.3.